The Morgan fingerprint density at radius 1 is 1.64 bits per heavy atom. The van der Waals surface area contributed by atoms with E-state index in [1.54, 1.807) is 11.8 Å². The molecule has 2 N–H and O–H groups in total. The van der Waals surface area contributed by atoms with Crippen molar-refractivity contribution in [2.24, 2.45) is 0 Å². The standard InChI is InChI=1S/C5H9NO2S.C2H6/c1-3-6-4(2-9-3)5(7)8;1-2/h3-4,6H,2H2,1H3,(H,7,8);1-2H3. The molecule has 1 saturated heterocycles. The first-order valence-corrected chi connectivity index (χ1v) is 4.85. The highest BCUT2D eigenvalue weighted by Crippen LogP contribution is 2.17. The van der Waals surface area contributed by atoms with Gasteiger partial charge in [0.05, 0.1) is 5.37 Å². The van der Waals surface area contributed by atoms with Crippen LogP contribution < -0.4 is 5.32 Å². The number of carbonyl (C=O) groups is 1. The van der Waals surface area contributed by atoms with Crippen LogP contribution in [0.4, 0.5) is 0 Å². The van der Waals surface area contributed by atoms with Crippen LogP contribution in [0.1, 0.15) is 20.8 Å². The van der Waals surface area contributed by atoms with Crippen molar-refractivity contribution in [1.29, 1.82) is 0 Å². The van der Waals surface area contributed by atoms with Crippen molar-refractivity contribution in [3.63, 3.8) is 0 Å². The Kier molecular flexibility index (Phi) is 5.32. The maximum absolute atomic E-state index is 10.3. The van der Waals surface area contributed by atoms with Crippen LogP contribution in [-0.4, -0.2) is 28.2 Å². The molecule has 1 aliphatic heterocycles. The lowest BCUT2D eigenvalue weighted by Crippen LogP contribution is -2.35. The summed E-state index contributed by atoms with van der Waals surface area (Å²) in [7, 11) is 0. The highest BCUT2D eigenvalue weighted by atomic mass is 32.2. The second-order valence-electron chi connectivity index (χ2n) is 2.03. The molecule has 11 heavy (non-hydrogen) atoms. The van der Waals surface area contributed by atoms with Gasteiger partial charge in [0.2, 0.25) is 0 Å². The summed E-state index contributed by atoms with van der Waals surface area (Å²) in [5, 5.41) is 11.7. The van der Waals surface area contributed by atoms with E-state index in [1.807, 2.05) is 20.8 Å². The zero-order chi connectivity index (χ0) is 8.85. The number of nitrogens with one attached hydrogen (secondary N) is 1. The molecular weight excluding hydrogens is 162 g/mol. The summed E-state index contributed by atoms with van der Waals surface area (Å²) in [4.78, 5) is 10.3. The Bertz CT molecular complexity index is 130. The predicted octanol–water partition coefficient (Wildman–Crippen LogP) is 1.15. The fourth-order valence-corrected chi connectivity index (χ4v) is 1.74. The first kappa shape index (κ1) is 10.8. The van der Waals surface area contributed by atoms with Crippen LogP contribution in [0.15, 0.2) is 0 Å². The number of thioether (sulfide) groups is 1. The third-order valence-electron chi connectivity index (χ3n) is 1.25. The monoisotopic (exact) mass is 177 g/mol. The van der Waals surface area contributed by atoms with E-state index in [-0.39, 0.29) is 6.04 Å². The topological polar surface area (TPSA) is 49.3 Å². The molecule has 3 nitrogen and oxygen atoms in total. The smallest absolute Gasteiger partial charge is 0.321 e. The Morgan fingerprint density at radius 2 is 2.18 bits per heavy atom. The van der Waals surface area contributed by atoms with E-state index in [9.17, 15) is 4.79 Å². The van der Waals surface area contributed by atoms with Crippen LogP contribution in [0.3, 0.4) is 0 Å². The average molecular weight is 177 g/mol. The second-order valence-corrected chi connectivity index (χ2v) is 3.41. The lowest BCUT2D eigenvalue weighted by Gasteiger charge is -2.02. The number of carboxylic acids is 1. The van der Waals surface area contributed by atoms with Gasteiger partial charge in [-0.25, -0.2) is 0 Å². The van der Waals surface area contributed by atoms with Crippen LogP contribution in [-0.2, 0) is 4.79 Å². The summed E-state index contributed by atoms with van der Waals surface area (Å²) >= 11 is 1.64. The zero-order valence-electron chi connectivity index (χ0n) is 7.13. The highest BCUT2D eigenvalue weighted by molar-refractivity contribution is 8.00. The third kappa shape index (κ3) is 3.62. The van der Waals surface area contributed by atoms with Gasteiger partial charge in [0.25, 0.3) is 0 Å². The molecule has 0 amide bonds. The number of hydrogen-bond donors (Lipinski definition) is 2. The van der Waals surface area contributed by atoms with Crippen LogP contribution in [0, 0.1) is 0 Å². The van der Waals surface area contributed by atoms with E-state index in [1.165, 1.54) is 0 Å². The van der Waals surface area contributed by atoms with Crippen LogP contribution in [0.25, 0.3) is 0 Å². The van der Waals surface area contributed by atoms with Crippen LogP contribution in [0.5, 0.6) is 0 Å². The van der Waals surface area contributed by atoms with Gasteiger partial charge in [0, 0.05) is 5.75 Å². The fourth-order valence-electron chi connectivity index (χ4n) is 0.763. The first-order valence-electron chi connectivity index (χ1n) is 3.80. The number of hydrogen-bond acceptors (Lipinski definition) is 3. The Morgan fingerprint density at radius 3 is 2.36 bits per heavy atom. The summed E-state index contributed by atoms with van der Waals surface area (Å²) < 4.78 is 0. The van der Waals surface area contributed by atoms with Crippen LogP contribution >= 0.6 is 11.8 Å². The minimum Gasteiger partial charge on any atom is -0.480 e. The van der Waals surface area contributed by atoms with E-state index in [2.05, 4.69) is 5.32 Å². The van der Waals surface area contributed by atoms with Gasteiger partial charge < -0.3 is 5.11 Å². The van der Waals surface area contributed by atoms with E-state index in [4.69, 9.17) is 5.11 Å². The van der Waals surface area contributed by atoms with Gasteiger partial charge in [-0.15, -0.1) is 11.8 Å². The molecule has 0 aromatic carbocycles. The molecule has 4 heteroatoms. The lowest BCUT2D eigenvalue weighted by atomic mass is 10.3. The molecule has 2 atom stereocenters. The molecule has 0 spiro atoms. The molecule has 0 aromatic heterocycles. The molecule has 0 aromatic rings. The summed E-state index contributed by atoms with van der Waals surface area (Å²) in [5.74, 6) is -0.0527. The van der Waals surface area contributed by atoms with Crippen molar-refractivity contribution >= 4 is 17.7 Å². The molecule has 66 valence electrons. The number of rotatable bonds is 1. The van der Waals surface area contributed by atoms with Gasteiger partial charge >= 0.3 is 5.97 Å². The van der Waals surface area contributed by atoms with E-state index >= 15 is 0 Å². The third-order valence-corrected chi connectivity index (χ3v) is 2.41. The maximum Gasteiger partial charge on any atom is 0.321 e. The summed E-state index contributed by atoms with van der Waals surface area (Å²) in [5.41, 5.74) is 0. The molecule has 2 unspecified atom stereocenters. The molecule has 0 bridgehead atoms. The predicted molar refractivity (Wildman–Crippen MR) is 47.8 cm³/mol. The van der Waals surface area contributed by atoms with Gasteiger partial charge in [0.15, 0.2) is 0 Å². The maximum atomic E-state index is 10.3. The van der Waals surface area contributed by atoms with Crippen molar-refractivity contribution in [3.05, 3.63) is 0 Å². The number of carboxylic acid groups (broad SMARTS) is 1. The first-order chi connectivity index (χ1) is 5.20. The fraction of sp³-hybridized carbons (Fsp3) is 0.857. The van der Waals surface area contributed by atoms with Crippen molar-refractivity contribution in [2.45, 2.75) is 32.2 Å². The van der Waals surface area contributed by atoms with Crippen molar-refractivity contribution < 1.29 is 9.90 Å². The second kappa shape index (κ2) is 5.43. The zero-order valence-corrected chi connectivity index (χ0v) is 7.94. The molecule has 1 aliphatic rings. The molecule has 1 fully saturated rings. The molecule has 0 saturated carbocycles. The van der Waals surface area contributed by atoms with E-state index < -0.39 is 5.97 Å². The summed E-state index contributed by atoms with van der Waals surface area (Å²) in [6.07, 6.45) is 0. The van der Waals surface area contributed by atoms with Gasteiger partial charge in [-0.05, 0) is 6.92 Å². The molecular formula is C7H15NO2S. The Hall–Kier alpha value is -0.220. The Labute approximate surface area is 71.6 Å². The molecule has 0 radical (unpaired) electrons. The van der Waals surface area contributed by atoms with Gasteiger partial charge in [-0.2, -0.15) is 0 Å². The molecule has 0 aliphatic carbocycles. The summed E-state index contributed by atoms with van der Waals surface area (Å²) in [6, 6.07) is -0.329. The minimum absolute atomic E-state index is 0.297. The van der Waals surface area contributed by atoms with Crippen molar-refractivity contribution in [3.8, 4) is 0 Å². The van der Waals surface area contributed by atoms with E-state index in [0.717, 1.165) is 0 Å². The van der Waals surface area contributed by atoms with Crippen LogP contribution in [0.2, 0.25) is 0 Å². The largest absolute Gasteiger partial charge is 0.480 e. The van der Waals surface area contributed by atoms with Gasteiger partial charge in [-0.3, -0.25) is 10.1 Å². The quantitative estimate of drug-likeness (QED) is 0.631. The lowest BCUT2D eigenvalue weighted by molar-refractivity contribution is -0.138. The average Bonchev–Trinajstić information content (AvgIpc) is 2.40. The van der Waals surface area contributed by atoms with Crippen molar-refractivity contribution in [2.75, 3.05) is 5.75 Å². The molecule has 1 rings (SSSR count). The molecule has 1 heterocycles. The normalized spacial score (nSPS) is 29.0. The van der Waals surface area contributed by atoms with Crippen molar-refractivity contribution in [1.82, 2.24) is 5.32 Å². The SMILES string of the molecule is CC.CC1NC(C(=O)O)CS1. The van der Waals surface area contributed by atoms with E-state index in [0.29, 0.717) is 11.1 Å². The summed E-state index contributed by atoms with van der Waals surface area (Å²) in [6.45, 7) is 5.97. The minimum atomic E-state index is -0.744. The van der Waals surface area contributed by atoms with Gasteiger partial charge in [0.1, 0.15) is 6.04 Å². The van der Waals surface area contributed by atoms with Gasteiger partial charge in [-0.1, -0.05) is 13.8 Å². The number of aliphatic carboxylic acids is 1. The Balaban J connectivity index is 0.000000461. The highest BCUT2D eigenvalue weighted by Gasteiger charge is 2.25.